The Labute approximate surface area is 149 Å². The molecule has 1 aromatic heterocycles. The third kappa shape index (κ3) is 2.68. The highest BCUT2D eigenvalue weighted by molar-refractivity contribution is 9.08. The average Bonchev–Trinajstić information content (AvgIpc) is 3.01. The number of hydrogen-bond acceptors (Lipinski definition) is 1. The van der Waals surface area contributed by atoms with E-state index in [0.717, 1.165) is 33.9 Å². The zero-order valence-electron chi connectivity index (χ0n) is 12.9. The fourth-order valence-electron chi connectivity index (χ4n) is 2.81. The minimum atomic E-state index is 0.897. The van der Waals surface area contributed by atoms with Gasteiger partial charge >= 0.3 is 0 Å². The smallest absolute Gasteiger partial charge is 0.151 e. The summed E-state index contributed by atoms with van der Waals surface area (Å²) in [7, 11) is 0. The molecule has 0 N–H and O–H groups in total. The van der Waals surface area contributed by atoms with Gasteiger partial charge in [0.2, 0.25) is 0 Å². The van der Waals surface area contributed by atoms with E-state index in [1.165, 1.54) is 0 Å². The second-order valence-electron chi connectivity index (χ2n) is 5.51. The summed E-state index contributed by atoms with van der Waals surface area (Å²) in [6.45, 7) is 0. The maximum absolute atomic E-state index is 4.94. The van der Waals surface area contributed by atoms with Gasteiger partial charge in [0.05, 0.1) is 27.5 Å². The molecule has 3 aromatic carbocycles. The molecule has 2 nitrogen and oxygen atoms in total. The van der Waals surface area contributed by atoms with Crippen LogP contribution in [0.15, 0.2) is 91.0 Å². The summed E-state index contributed by atoms with van der Waals surface area (Å²) in [4.78, 5) is 4.94. The van der Waals surface area contributed by atoms with Crippen LogP contribution in [-0.2, 0) is 0 Å². The fourth-order valence-corrected chi connectivity index (χ4v) is 3.47. The van der Waals surface area contributed by atoms with Crippen molar-refractivity contribution in [1.29, 1.82) is 0 Å². The van der Waals surface area contributed by atoms with Crippen molar-refractivity contribution in [1.82, 2.24) is 8.58 Å². The lowest BCUT2D eigenvalue weighted by Crippen LogP contribution is -1.89. The van der Waals surface area contributed by atoms with Gasteiger partial charge in [0.1, 0.15) is 0 Å². The first-order valence-corrected chi connectivity index (χ1v) is 8.50. The standard InChI is InChI=1S/C21H15BrN2/c22-24-20(17-12-6-2-7-13-17)19(16-10-4-1-5-11-16)23-21(24)18-14-8-3-9-15-18/h1-15H. The summed E-state index contributed by atoms with van der Waals surface area (Å²) in [5.74, 6) is 0.897. The number of hydrogen-bond donors (Lipinski definition) is 0. The first kappa shape index (κ1) is 14.9. The van der Waals surface area contributed by atoms with E-state index in [0.29, 0.717) is 0 Å². The Morgan fingerprint density at radius 3 is 1.58 bits per heavy atom. The number of aromatic nitrogens is 2. The van der Waals surface area contributed by atoms with E-state index in [9.17, 15) is 0 Å². The molecule has 0 amide bonds. The molecule has 0 saturated carbocycles. The summed E-state index contributed by atoms with van der Waals surface area (Å²) < 4.78 is 2.00. The Hall–Kier alpha value is -2.65. The van der Waals surface area contributed by atoms with Gasteiger partial charge in [0.15, 0.2) is 5.82 Å². The number of rotatable bonds is 3. The van der Waals surface area contributed by atoms with Gasteiger partial charge < -0.3 is 0 Å². The largest absolute Gasteiger partial charge is 0.257 e. The number of imidazole rings is 1. The molecule has 0 aliphatic heterocycles. The number of benzene rings is 3. The van der Waals surface area contributed by atoms with Crippen molar-refractivity contribution in [2.75, 3.05) is 0 Å². The van der Waals surface area contributed by atoms with Crippen LogP contribution in [0.4, 0.5) is 0 Å². The third-order valence-corrected chi connectivity index (χ3v) is 4.64. The Kier molecular flexibility index (Phi) is 4.01. The predicted molar refractivity (Wildman–Crippen MR) is 103 cm³/mol. The van der Waals surface area contributed by atoms with E-state index in [-0.39, 0.29) is 0 Å². The van der Waals surface area contributed by atoms with E-state index in [2.05, 4.69) is 52.5 Å². The predicted octanol–water partition coefficient (Wildman–Crippen LogP) is 6.04. The summed E-state index contributed by atoms with van der Waals surface area (Å²) in [6.07, 6.45) is 0. The van der Waals surface area contributed by atoms with Crippen LogP contribution >= 0.6 is 16.1 Å². The molecule has 3 heteroatoms. The van der Waals surface area contributed by atoms with Crippen LogP contribution in [0.3, 0.4) is 0 Å². The lowest BCUT2D eigenvalue weighted by Gasteiger charge is -2.06. The van der Waals surface area contributed by atoms with Crippen LogP contribution in [-0.4, -0.2) is 8.58 Å². The van der Waals surface area contributed by atoms with Crippen LogP contribution in [0, 0.1) is 0 Å². The highest BCUT2D eigenvalue weighted by atomic mass is 79.9. The van der Waals surface area contributed by atoms with E-state index >= 15 is 0 Å². The number of halogens is 1. The van der Waals surface area contributed by atoms with Gasteiger partial charge in [0.25, 0.3) is 0 Å². The van der Waals surface area contributed by atoms with Crippen molar-refractivity contribution in [2.24, 2.45) is 0 Å². The van der Waals surface area contributed by atoms with Gasteiger partial charge in [-0.05, 0) is 0 Å². The SMILES string of the molecule is Brn1c(-c2ccccc2)nc(-c2ccccc2)c1-c1ccccc1. The molecule has 0 atom stereocenters. The molecule has 0 radical (unpaired) electrons. The highest BCUT2D eigenvalue weighted by Gasteiger charge is 2.19. The first-order valence-electron chi connectivity index (χ1n) is 7.80. The maximum atomic E-state index is 4.94. The van der Waals surface area contributed by atoms with E-state index in [1.807, 2.05) is 58.2 Å². The monoisotopic (exact) mass is 374 g/mol. The van der Waals surface area contributed by atoms with Gasteiger partial charge in [-0.15, -0.1) is 0 Å². The minimum Gasteiger partial charge on any atom is -0.257 e. The van der Waals surface area contributed by atoms with Crippen molar-refractivity contribution in [3.8, 4) is 33.9 Å². The molecule has 0 spiro atoms. The molecular formula is C21H15BrN2. The second kappa shape index (κ2) is 6.46. The van der Waals surface area contributed by atoms with Crippen LogP contribution in [0.1, 0.15) is 0 Å². The summed E-state index contributed by atoms with van der Waals surface area (Å²) in [5.41, 5.74) is 5.33. The molecule has 0 aliphatic carbocycles. The molecule has 0 fully saturated rings. The van der Waals surface area contributed by atoms with Crippen LogP contribution in [0.25, 0.3) is 33.9 Å². The zero-order valence-corrected chi connectivity index (χ0v) is 14.5. The van der Waals surface area contributed by atoms with E-state index < -0.39 is 0 Å². The van der Waals surface area contributed by atoms with Gasteiger partial charge in [0, 0.05) is 16.7 Å². The lowest BCUT2D eigenvalue weighted by atomic mass is 10.1. The second-order valence-corrected chi connectivity index (χ2v) is 6.22. The maximum Gasteiger partial charge on any atom is 0.151 e. The van der Waals surface area contributed by atoms with Crippen molar-refractivity contribution in [2.45, 2.75) is 0 Å². The average molecular weight is 375 g/mol. The normalized spacial score (nSPS) is 10.7. The van der Waals surface area contributed by atoms with Crippen molar-refractivity contribution in [3.63, 3.8) is 0 Å². The third-order valence-electron chi connectivity index (χ3n) is 3.95. The molecular weight excluding hydrogens is 360 g/mol. The molecule has 0 bridgehead atoms. The van der Waals surface area contributed by atoms with E-state index in [1.54, 1.807) is 0 Å². The van der Waals surface area contributed by atoms with Crippen LogP contribution in [0.2, 0.25) is 0 Å². The molecule has 24 heavy (non-hydrogen) atoms. The van der Waals surface area contributed by atoms with Crippen LogP contribution < -0.4 is 0 Å². The van der Waals surface area contributed by atoms with Gasteiger partial charge in [-0.3, -0.25) is 3.59 Å². The summed E-state index contributed by atoms with van der Waals surface area (Å²) in [5, 5.41) is 0. The van der Waals surface area contributed by atoms with Crippen LogP contribution in [0.5, 0.6) is 0 Å². The minimum absolute atomic E-state index is 0.897. The highest BCUT2D eigenvalue weighted by Crippen LogP contribution is 2.37. The molecule has 4 aromatic rings. The summed E-state index contributed by atoms with van der Waals surface area (Å²) >= 11 is 3.73. The van der Waals surface area contributed by atoms with Gasteiger partial charge in [-0.25, -0.2) is 4.98 Å². The molecule has 0 saturated heterocycles. The lowest BCUT2D eigenvalue weighted by molar-refractivity contribution is 1.26. The Bertz CT molecular complexity index is 945. The zero-order chi connectivity index (χ0) is 16.4. The Morgan fingerprint density at radius 2 is 1.04 bits per heavy atom. The molecule has 0 aliphatic rings. The number of nitrogens with zero attached hydrogens (tertiary/aromatic N) is 2. The van der Waals surface area contributed by atoms with Gasteiger partial charge in [-0.2, -0.15) is 0 Å². The molecule has 0 unspecified atom stereocenters. The first-order chi connectivity index (χ1) is 11.8. The topological polar surface area (TPSA) is 17.8 Å². The summed E-state index contributed by atoms with van der Waals surface area (Å²) in [6, 6.07) is 30.8. The Balaban J connectivity index is 1.99. The Morgan fingerprint density at radius 1 is 0.583 bits per heavy atom. The van der Waals surface area contributed by atoms with Gasteiger partial charge in [-0.1, -0.05) is 91.0 Å². The molecule has 1 heterocycles. The fraction of sp³-hybridized carbons (Fsp3) is 0. The van der Waals surface area contributed by atoms with E-state index in [4.69, 9.17) is 4.98 Å². The van der Waals surface area contributed by atoms with Crippen molar-refractivity contribution >= 4 is 16.1 Å². The molecule has 116 valence electrons. The van der Waals surface area contributed by atoms with Crippen molar-refractivity contribution in [3.05, 3.63) is 91.0 Å². The van der Waals surface area contributed by atoms with Crippen molar-refractivity contribution < 1.29 is 0 Å². The molecule has 4 rings (SSSR count). The quantitative estimate of drug-likeness (QED) is 0.427.